The molecule has 2 rings (SSSR count). The van der Waals surface area contributed by atoms with Gasteiger partial charge in [0.05, 0.1) is 11.1 Å². The SMILES string of the molecule is CC1NN(C)C(=O)C(c2c(Cl)ccc(Cl)c2O)C1=O. The molecule has 7 heteroatoms. The van der Waals surface area contributed by atoms with Crippen LogP contribution in [0.4, 0.5) is 0 Å². The molecule has 0 saturated carbocycles. The van der Waals surface area contributed by atoms with Crippen LogP contribution in [-0.4, -0.2) is 34.9 Å². The number of hydrazine groups is 1. The highest BCUT2D eigenvalue weighted by Crippen LogP contribution is 2.40. The van der Waals surface area contributed by atoms with Gasteiger partial charge in [0.1, 0.15) is 11.7 Å². The van der Waals surface area contributed by atoms with E-state index in [9.17, 15) is 14.7 Å². The Morgan fingerprint density at radius 3 is 2.47 bits per heavy atom. The first-order valence-corrected chi connectivity index (χ1v) is 6.34. The smallest absolute Gasteiger partial charge is 0.251 e. The van der Waals surface area contributed by atoms with E-state index in [1.54, 1.807) is 6.92 Å². The van der Waals surface area contributed by atoms with Crippen molar-refractivity contribution in [3.05, 3.63) is 27.7 Å². The fourth-order valence-electron chi connectivity index (χ4n) is 2.08. The van der Waals surface area contributed by atoms with Gasteiger partial charge < -0.3 is 5.11 Å². The molecule has 19 heavy (non-hydrogen) atoms. The Morgan fingerprint density at radius 1 is 1.26 bits per heavy atom. The number of Topliss-reactive ketones (excluding diaryl/α,β-unsaturated/α-hetero) is 1. The summed E-state index contributed by atoms with van der Waals surface area (Å²) in [5.41, 5.74) is 2.77. The minimum absolute atomic E-state index is 0.0499. The molecule has 2 atom stereocenters. The Hall–Kier alpha value is -1.30. The average molecular weight is 303 g/mol. The first-order chi connectivity index (χ1) is 8.84. The highest BCUT2D eigenvalue weighted by atomic mass is 35.5. The Balaban J connectivity index is 2.59. The molecule has 0 spiro atoms. The number of hydrogen-bond donors (Lipinski definition) is 2. The van der Waals surface area contributed by atoms with Crippen molar-refractivity contribution in [2.24, 2.45) is 0 Å². The van der Waals surface area contributed by atoms with Crippen molar-refractivity contribution in [2.45, 2.75) is 18.9 Å². The van der Waals surface area contributed by atoms with Crippen molar-refractivity contribution in [1.82, 2.24) is 10.4 Å². The number of nitrogens with one attached hydrogen (secondary N) is 1. The van der Waals surface area contributed by atoms with Crippen molar-refractivity contribution >= 4 is 34.9 Å². The molecule has 2 unspecified atom stereocenters. The Morgan fingerprint density at radius 2 is 1.84 bits per heavy atom. The van der Waals surface area contributed by atoms with Gasteiger partial charge in [-0.3, -0.25) is 14.6 Å². The largest absolute Gasteiger partial charge is 0.506 e. The minimum Gasteiger partial charge on any atom is -0.506 e. The van der Waals surface area contributed by atoms with Gasteiger partial charge in [0.2, 0.25) is 0 Å². The third-order valence-corrected chi connectivity index (χ3v) is 3.71. The molecule has 2 N–H and O–H groups in total. The van der Waals surface area contributed by atoms with E-state index in [0.717, 1.165) is 0 Å². The number of ketones is 1. The van der Waals surface area contributed by atoms with Crippen molar-refractivity contribution in [1.29, 1.82) is 0 Å². The molecule has 1 aromatic carbocycles. The van der Waals surface area contributed by atoms with Gasteiger partial charge in [-0.25, -0.2) is 5.43 Å². The second-order valence-electron chi connectivity index (χ2n) is 4.37. The third-order valence-electron chi connectivity index (χ3n) is 3.08. The summed E-state index contributed by atoms with van der Waals surface area (Å²) in [4.78, 5) is 24.3. The Labute approximate surface area is 120 Å². The summed E-state index contributed by atoms with van der Waals surface area (Å²) in [5, 5.41) is 11.4. The van der Waals surface area contributed by atoms with E-state index in [1.165, 1.54) is 24.2 Å². The molecule has 1 saturated heterocycles. The molecule has 1 aromatic rings. The number of carbonyl (C=O) groups excluding carboxylic acids is 2. The normalized spacial score (nSPS) is 23.9. The van der Waals surface area contributed by atoms with E-state index in [4.69, 9.17) is 23.2 Å². The summed E-state index contributed by atoms with van der Waals surface area (Å²) in [7, 11) is 1.51. The molecule has 5 nitrogen and oxygen atoms in total. The van der Waals surface area contributed by atoms with E-state index < -0.39 is 17.9 Å². The van der Waals surface area contributed by atoms with Gasteiger partial charge in [-0.2, -0.15) is 0 Å². The van der Waals surface area contributed by atoms with Crippen molar-refractivity contribution < 1.29 is 14.7 Å². The molecule has 1 aliphatic heterocycles. The highest BCUT2D eigenvalue weighted by Gasteiger charge is 2.41. The zero-order valence-electron chi connectivity index (χ0n) is 10.3. The first kappa shape index (κ1) is 14.1. The third kappa shape index (κ3) is 2.29. The summed E-state index contributed by atoms with van der Waals surface area (Å²) < 4.78 is 0. The lowest BCUT2D eigenvalue weighted by Crippen LogP contribution is -2.57. The second-order valence-corrected chi connectivity index (χ2v) is 5.19. The molecule has 1 heterocycles. The minimum atomic E-state index is -1.15. The van der Waals surface area contributed by atoms with Crippen molar-refractivity contribution in [2.75, 3.05) is 7.05 Å². The van der Waals surface area contributed by atoms with Crippen molar-refractivity contribution in [3.63, 3.8) is 0 Å². The number of aromatic hydroxyl groups is 1. The zero-order chi connectivity index (χ0) is 14.3. The summed E-state index contributed by atoms with van der Waals surface area (Å²) in [5.74, 6) is -2.32. The van der Waals surface area contributed by atoms with Crippen LogP contribution in [0.25, 0.3) is 0 Å². The molecule has 0 aliphatic carbocycles. The lowest BCUT2D eigenvalue weighted by atomic mass is 9.88. The number of hydrogen-bond acceptors (Lipinski definition) is 4. The molecule has 0 aromatic heterocycles. The van der Waals surface area contributed by atoms with E-state index in [0.29, 0.717) is 0 Å². The molecular weight excluding hydrogens is 291 g/mol. The van der Waals surface area contributed by atoms with Gasteiger partial charge in [-0.15, -0.1) is 0 Å². The van der Waals surface area contributed by atoms with Crippen LogP contribution in [0.15, 0.2) is 12.1 Å². The van der Waals surface area contributed by atoms with Crippen LogP contribution in [0, 0.1) is 0 Å². The number of amides is 1. The second kappa shape index (κ2) is 5.00. The number of likely N-dealkylation sites (N-methyl/N-ethyl adjacent to an activating group) is 1. The number of rotatable bonds is 1. The quantitative estimate of drug-likeness (QED) is 0.775. The Kier molecular flexibility index (Phi) is 3.71. The van der Waals surface area contributed by atoms with Gasteiger partial charge in [-0.05, 0) is 19.1 Å². The molecule has 1 fully saturated rings. The van der Waals surface area contributed by atoms with Crippen LogP contribution >= 0.6 is 23.2 Å². The van der Waals surface area contributed by atoms with Crippen LogP contribution in [0.2, 0.25) is 10.0 Å². The molecule has 0 radical (unpaired) electrons. The number of nitrogens with zero attached hydrogens (tertiary/aromatic N) is 1. The highest BCUT2D eigenvalue weighted by molar-refractivity contribution is 6.35. The molecule has 102 valence electrons. The fourth-order valence-corrected chi connectivity index (χ4v) is 2.51. The van der Waals surface area contributed by atoms with Crippen LogP contribution in [-0.2, 0) is 9.59 Å². The van der Waals surface area contributed by atoms with E-state index in [1.807, 2.05) is 0 Å². The number of phenolic OH excluding ortho intramolecular Hbond substituents is 1. The molecular formula is C12H12Cl2N2O3. The van der Waals surface area contributed by atoms with E-state index >= 15 is 0 Å². The van der Waals surface area contributed by atoms with Gasteiger partial charge >= 0.3 is 0 Å². The van der Waals surface area contributed by atoms with Gasteiger partial charge in [0.15, 0.2) is 5.78 Å². The standard InChI is InChI=1S/C12H12Cl2N2O3/c1-5-10(17)9(12(19)16(2)15-5)8-6(13)3-4-7(14)11(8)18/h3-5,9,15,18H,1-2H3. The summed E-state index contributed by atoms with van der Waals surface area (Å²) in [6.07, 6.45) is 0. The average Bonchev–Trinajstić information content (AvgIpc) is 2.36. The van der Waals surface area contributed by atoms with E-state index in [-0.39, 0.29) is 27.1 Å². The summed E-state index contributed by atoms with van der Waals surface area (Å²) in [6, 6.07) is 2.31. The monoisotopic (exact) mass is 302 g/mol. The predicted molar refractivity (Wildman–Crippen MR) is 71.2 cm³/mol. The van der Waals surface area contributed by atoms with E-state index in [2.05, 4.69) is 5.43 Å². The van der Waals surface area contributed by atoms with Crippen molar-refractivity contribution in [3.8, 4) is 5.75 Å². The molecule has 1 aliphatic rings. The first-order valence-electron chi connectivity index (χ1n) is 5.59. The molecule has 0 bridgehead atoms. The number of benzene rings is 1. The summed E-state index contributed by atoms with van der Waals surface area (Å²) in [6.45, 7) is 1.63. The van der Waals surface area contributed by atoms with Crippen LogP contribution < -0.4 is 5.43 Å². The number of phenols is 1. The van der Waals surface area contributed by atoms with Gasteiger partial charge in [-0.1, -0.05) is 23.2 Å². The molecule has 1 amide bonds. The lowest BCUT2D eigenvalue weighted by Gasteiger charge is -2.33. The number of carbonyl (C=O) groups is 2. The van der Waals surface area contributed by atoms with Crippen LogP contribution in [0.5, 0.6) is 5.75 Å². The maximum Gasteiger partial charge on any atom is 0.251 e. The summed E-state index contributed by atoms with van der Waals surface area (Å²) >= 11 is 11.8. The number of halogens is 2. The maximum absolute atomic E-state index is 12.2. The zero-order valence-corrected chi connectivity index (χ0v) is 11.8. The van der Waals surface area contributed by atoms with Gasteiger partial charge in [0.25, 0.3) is 5.91 Å². The van der Waals surface area contributed by atoms with Crippen LogP contribution in [0.1, 0.15) is 18.4 Å². The maximum atomic E-state index is 12.2. The topological polar surface area (TPSA) is 69.6 Å². The lowest BCUT2D eigenvalue weighted by molar-refractivity contribution is -0.146. The van der Waals surface area contributed by atoms with Crippen LogP contribution in [0.3, 0.4) is 0 Å². The Bertz CT molecular complexity index is 542. The van der Waals surface area contributed by atoms with Gasteiger partial charge in [0, 0.05) is 17.6 Å². The predicted octanol–water partition coefficient (Wildman–Crippen LogP) is 1.72. The fraction of sp³-hybridized carbons (Fsp3) is 0.333.